The van der Waals surface area contributed by atoms with Crippen LogP contribution in [0.15, 0.2) is 54.6 Å². The third-order valence-corrected chi connectivity index (χ3v) is 4.42. The molecule has 2 aromatic carbocycles. The molecule has 0 aromatic heterocycles. The first-order chi connectivity index (χ1) is 10.2. The van der Waals surface area contributed by atoms with Gasteiger partial charge < -0.3 is 5.32 Å². The van der Waals surface area contributed by atoms with Gasteiger partial charge in [-0.25, -0.2) is 0 Å². The summed E-state index contributed by atoms with van der Waals surface area (Å²) >= 11 is 0. The number of hydrogen-bond donors (Lipinski definition) is 1. The van der Waals surface area contributed by atoms with E-state index in [1.54, 1.807) is 0 Å². The average molecular weight is 280 g/mol. The van der Waals surface area contributed by atoms with Crippen LogP contribution in [0.5, 0.6) is 0 Å². The minimum absolute atomic E-state index is 0.0458. The Morgan fingerprint density at radius 1 is 1.05 bits per heavy atom. The summed E-state index contributed by atoms with van der Waals surface area (Å²) in [5, 5.41) is 3.69. The molecular formula is C19H24N2. The molecule has 1 atom stereocenters. The van der Waals surface area contributed by atoms with Crippen LogP contribution in [0.2, 0.25) is 0 Å². The summed E-state index contributed by atoms with van der Waals surface area (Å²) in [6.07, 6.45) is 0. The van der Waals surface area contributed by atoms with Crippen LogP contribution in [0, 0.1) is 6.92 Å². The van der Waals surface area contributed by atoms with Crippen molar-refractivity contribution in [3.8, 4) is 0 Å². The van der Waals surface area contributed by atoms with E-state index >= 15 is 0 Å². The highest BCUT2D eigenvalue weighted by molar-refractivity contribution is 5.25. The lowest BCUT2D eigenvalue weighted by atomic mass is 9.89. The lowest BCUT2D eigenvalue weighted by Gasteiger charge is -2.42. The van der Waals surface area contributed by atoms with Crippen molar-refractivity contribution in [2.75, 3.05) is 19.6 Å². The van der Waals surface area contributed by atoms with Crippen LogP contribution in [0.25, 0.3) is 0 Å². The highest BCUT2D eigenvalue weighted by Gasteiger charge is 2.31. The van der Waals surface area contributed by atoms with Crippen molar-refractivity contribution in [3.05, 3.63) is 71.3 Å². The van der Waals surface area contributed by atoms with E-state index < -0.39 is 0 Å². The molecule has 1 N–H and O–H groups in total. The Balaban J connectivity index is 1.72. The molecule has 0 saturated carbocycles. The van der Waals surface area contributed by atoms with Gasteiger partial charge in [-0.2, -0.15) is 0 Å². The van der Waals surface area contributed by atoms with Crippen molar-refractivity contribution >= 4 is 0 Å². The molecule has 1 fully saturated rings. The molecule has 1 saturated heterocycles. The molecule has 2 heteroatoms. The first-order valence-corrected chi connectivity index (χ1v) is 7.74. The maximum absolute atomic E-state index is 3.69. The van der Waals surface area contributed by atoms with E-state index in [-0.39, 0.29) is 5.54 Å². The molecule has 0 radical (unpaired) electrons. The van der Waals surface area contributed by atoms with Gasteiger partial charge in [0.05, 0.1) is 5.54 Å². The van der Waals surface area contributed by atoms with Crippen LogP contribution >= 0.6 is 0 Å². The van der Waals surface area contributed by atoms with E-state index in [0.717, 1.165) is 26.2 Å². The molecule has 1 aliphatic rings. The Morgan fingerprint density at radius 2 is 1.76 bits per heavy atom. The van der Waals surface area contributed by atoms with Crippen LogP contribution in [-0.2, 0) is 12.1 Å². The lowest BCUT2D eigenvalue weighted by molar-refractivity contribution is 0.136. The van der Waals surface area contributed by atoms with Gasteiger partial charge in [-0.05, 0) is 25.0 Å². The number of hydrogen-bond acceptors (Lipinski definition) is 2. The first-order valence-electron chi connectivity index (χ1n) is 7.74. The van der Waals surface area contributed by atoms with Crippen molar-refractivity contribution in [1.82, 2.24) is 10.2 Å². The van der Waals surface area contributed by atoms with E-state index in [0.29, 0.717) is 0 Å². The Morgan fingerprint density at radius 3 is 2.48 bits per heavy atom. The molecule has 21 heavy (non-hydrogen) atoms. The molecule has 1 unspecified atom stereocenters. The van der Waals surface area contributed by atoms with Crippen molar-refractivity contribution in [3.63, 3.8) is 0 Å². The van der Waals surface area contributed by atoms with Crippen LogP contribution in [0.1, 0.15) is 23.6 Å². The number of nitrogens with one attached hydrogen (secondary N) is 1. The Labute approximate surface area is 127 Å². The van der Waals surface area contributed by atoms with Crippen molar-refractivity contribution in [1.29, 1.82) is 0 Å². The van der Waals surface area contributed by atoms with Gasteiger partial charge in [0.2, 0.25) is 0 Å². The van der Waals surface area contributed by atoms with Crippen LogP contribution < -0.4 is 5.32 Å². The molecule has 110 valence electrons. The summed E-state index contributed by atoms with van der Waals surface area (Å²) in [7, 11) is 0. The molecule has 0 amide bonds. The third-order valence-electron chi connectivity index (χ3n) is 4.42. The SMILES string of the molecule is Cc1ccc(CN2CCNC(C)(c3ccccc3)C2)cc1. The van der Waals surface area contributed by atoms with Crippen LogP contribution in [0.3, 0.4) is 0 Å². The zero-order chi connectivity index (χ0) is 14.7. The predicted octanol–water partition coefficient (Wildman–Crippen LogP) is 3.32. The van der Waals surface area contributed by atoms with Crippen molar-refractivity contribution in [2.24, 2.45) is 0 Å². The summed E-state index contributed by atoms with van der Waals surface area (Å²) in [6, 6.07) is 19.7. The van der Waals surface area contributed by atoms with Gasteiger partial charge in [0.1, 0.15) is 0 Å². The number of piperazine rings is 1. The van der Waals surface area contributed by atoms with Gasteiger partial charge in [-0.3, -0.25) is 4.90 Å². The summed E-state index contributed by atoms with van der Waals surface area (Å²) in [6.45, 7) is 8.67. The molecular weight excluding hydrogens is 256 g/mol. The molecule has 2 nitrogen and oxygen atoms in total. The molecule has 1 aliphatic heterocycles. The zero-order valence-corrected chi connectivity index (χ0v) is 13.0. The zero-order valence-electron chi connectivity index (χ0n) is 13.0. The lowest BCUT2D eigenvalue weighted by Crippen LogP contribution is -2.56. The fourth-order valence-corrected chi connectivity index (χ4v) is 3.16. The highest BCUT2D eigenvalue weighted by atomic mass is 15.2. The van der Waals surface area contributed by atoms with E-state index in [2.05, 4.69) is 78.7 Å². The van der Waals surface area contributed by atoms with E-state index in [1.807, 2.05) is 0 Å². The van der Waals surface area contributed by atoms with Gasteiger partial charge in [0.25, 0.3) is 0 Å². The average Bonchev–Trinajstić information content (AvgIpc) is 2.51. The topological polar surface area (TPSA) is 15.3 Å². The second-order valence-corrected chi connectivity index (χ2v) is 6.32. The largest absolute Gasteiger partial charge is 0.305 e. The van der Waals surface area contributed by atoms with Crippen molar-refractivity contribution < 1.29 is 0 Å². The smallest absolute Gasteiger partial charge is 0.0535 e. The summed E-state index contributed by atoms with van der Waals surface area (Å²) < 4.78 is 0. The van der Waals surface area contributed by atoms with Crippen molar-refractivity contribution in [2.45, 2.75) is 25.9 Å². The molecule has 1 heterocycles. The Hall–Kier alpha value is -1.64. The summed E-state index contributed by atoms with van der Waals surface area (Å²) in [5.74, 6) is 0. The number of aryl methyl sites for hydroxylation is 1. The second-order valence-electron chi connectivity index (χ2n) is 6.32. The maximum Gasteiger partial charge on any atom is 0.0535 e. The molecule has 0 aliphatic carbocycles. The van der Waals surface area contributed by atoms with Gasteiger partial charge in [0, 0.05) is 26.2 Å². The fourth-order valence-electron chi connectivity index (χ4n) is 3.16. The maximum atomic E-state index is 3.69. The molecule has 3 rings (SSSR count). The van der Waals surface area contributed by atoms with Gasteiger partial charge >= 0.3 is 0 Å². The fraction of sp³-hybridized carbons (Fsp3) is 0.368. The van der Waals surface area contributed by atoms with E-state index in [1.165, 1.54) is 16.7 Å². The quantitative estimate of drug-likeness (QED) is 0.928. The highest BCUT2D eigenvalue weighted by Crippen LogP contribution is 2.25. The Bertz CT molecular complexity index is 576. The van der Waals surface area contributed by atoms with Gasteiger partial charge in [0.15, 0.2) is 0 Å². The normalized spacial score (nSPS) is 23.1. The summed E-state index contributed by atoms with van der Waals surface area (Å²) in [4.78, 5) is 2.55. The number of nitrogens with zero attached hydrogens (tertiary/aromatic N) is 1. The van der Waals surface area contributed by atoms with E-state index in [4.69, 9.17) is 0 Å². The number of rotatable bonds is 3. The minimum Gasteiger partial charge on any atom is -0.305 e. The van der Waals surface area contributed by atoms with Crippen LogP contribution in [0.4, 0.5) is 0 Å². The monoisotopic (exact) mass is 280 g/mol. The minimum atomic E-state index is 0.0458. The molecule has 0 spiro atoms. The van der Waals surface area contributed by atoms with E-state index in [9.17, 15) is 0 Å². The second kappa shape index (κ2) is 6.00. The Kier molecular flexibility index (Phi) is 4.09. The summed E-state index contributed by atoms with van der Waals surface area (Å²) in [5.41, 5.74) is 4.15. The van der Waals surface area contributed by atoms with Gasteiger partial charge in [-0.15, -0.1) is 0 Å². The standard InChI is InChI=1S/C19H24N2/c1-16-8-10-17(11-9-16)14-21-13-12-20-19(2,15-21)18-6-4-3-5-7-18/h3-11,20H,12-15H2,1-2H3. The first kappa shape index (κ1) is 14.3. The number of benzene rings is 2. The molecule has 0 bridgehead atoms. The molecule has 2 aromatic rings. The van der Waals surface area contributed by atoms with Gasteiger partial charge in [-0.1, -0.05) is 60.2 Å². The third kappa shape index (κ3) is 3.34. The predicted molar refractivity (Wildman–Crippen MR) is 88.3 cm³/mol. The van der Waals surface area contributed by atoms with Crippen LogP contribution in [-0.4, -0.2) is 24.5 Å².